The minimum Gasteiger partial charge on any atom is -0.495 e. The van der Waals surface area contributed by atoms with Crippen LogP contribution in [0.3, 0.4) is 0 Å². The fraction of sp³-hybridized carbons (Fsp3) is 0.561. The highest BCUT2D eigenvalue weighted by Gasteiger charge is 2.64. The molecule has 6 rings (SSSR count). The fourth-order valence-electron chi connectivity index (χ4n) is 10.1. The monoisotopic (exact) mass is 1120 g/mol. The van der Waals surface area contributed by atoms with Crippen LogP contribution in [0, 0.1) is 11.8 Å². The quantitative estimate of drug-likeness (QED) is 0.0342. The normalized spacial score (nSPS) is 25.2. The maximum atomic E-state index is 14.4. The van der Waals surface area contributed by atoms with Gasteiger partial charge in [0.25, 0.3) is 0 Å². The number of anilines is 1. The van der Waals surface area contributed by atoms with Gasteiger partial charge in [-0.1, -0.05) is 67.4 Å². The largest absolute Gasteiger partial charge is 0.495 e. The van der Waals surface area contributed by atoms with Crippen molar-refractivity contribution in [3.8, 4) is 5.75 Å². The summed E-state index contributed by atoms with van der Waals surface area (Å²) >= 11 is 6.82. The van der Waals surface area contributed by atoms with E-state index in [-0.39, 0.29) is 75.4 Å². The van der Waals surface area contributed by atoms with E-state index in [0.29, 0.717) is 30.9 Å². The van der Waals surface area contributed by atoms with Gasteiger partial charge in [0.1, 0.15) is 40.3 Å². The van der Waals surface area contributed by atoms with Crippen LogP contribution in [-0.2, 0) is 67.2 Å². The smallest absolute Gasteiger partial charge is 0.409 e. The van der Waals surface area contributed by atoms with Gasteiger partial charge >= 0.3 is 18.0 Å². The average molecular weight is 1120 g/mol. The third-order valence-corrected chi connectivity index (χ3v) is 15.8. The van der Waals surface area contributed by atoms with Crippen LogP contribution >= 0.6 is 11.6 Å². The number of halogens is 1. The van der Waals surface area contributed by atoms with Gasteiger partial charge in [0, 0.05) is 83.0 Å². The molecule has 22 heteroatoms. The van der Waals surface area contributed by atoms with E-state index in [9.17, 15) is 43.8 Å². The SMILES string of the molecule is CNN(C)Cc1cc2ccccc2n1CCC(=O)N[C@@H](CCC(=O)O)C(=O)CCCOCCC(=O)N(C)[C@@H](C)C(=O)O[C@H]1CC(=O)N(C)c2cc(cc(OC)c2Cl)C/C(C)=C/C=C/[C@@H](C)[C@@]2(O)C[C@H](OC(=O)N2)[C@@H](C)[C@@H]2O[C@]12C. The Morgan fingerprint density at radius 1 is 1.04 bits per heavy atom. The second-order valence-corrected chi connectivity index (χ2v) is 21.6. The summed E-state index contributed by atoms with van der Waals surface area (Å²) in [5.74, 6) is -4.35. The molecule has 1 aromatic heterocycles. The standard InChI is InChI=1S/C57H78ClN7O14/c1-34-15-13-16-35(2)57(74)32-46(77-55(73)61-57)36(3)53-56(5,79-53)47(31-50(69)64(9)43-28-38(27-34)29-45(75-10)52(43)58)78-54(72)37(4)63(8)49(68)23-26-76-25-14-19-44(66)41(20-21-51(70)71)60-48(67)22-24-65-40(33-62(7)59-6)30-39-17-11-12-18-42(39)65/h11-13,15-18,28-30,35-37,41,46-47,53,59,74H,14,19-27,31-33H2,1-10H3,(H,60,67)(H,61,73)(H,70,71)/b16-13+,34-15+/t35-,36-,37+,41+,46+,47+,53+,56-,57+/m1/s1. The number of nitrogens with one attached hydrogen (secondary N) is 3. The van der Waals surface area contributed by atoms with Crippen LogP contribution < -0.4 is 25.7 Å². The number of likely N-dealkylation sites (N-methyl/N-ethyl adjacent to an activating group) is 1. The number of esters is 1. The Kier molecular flexibility index (Phi) is 21.3. The Morgan fingerprint density at radius 2 is 1.77 bits per heavy atom. The number of ether oxygens (including phenoxy) is 5. The van der Waals surface area contributed by atoms with Gasteiger partial charge in [0.15, 0.2) is 5.78 Å². The van der Waals surface area contributed by atoms with Gasteiger partial charge in [-0.25, -0.2) is 14.6 Å². The second-order valence-electron chi connectivity index (χ2n) is 21.2. The number of para-hydroxylation sites is 1. The molecular weight excluding hydrogens is 1040 g/mol. The van der Waals surface area contributed by atoms with E-state index < -0.39 is 89.3 Å². The minimum absolute atomic E-state index is 0.00634. The van der Waals surface area contributed by atoms with E-state index in [2.05, 4.69) is 26.7 Å². The summed E-state index contributed by atoms with van der Waals surface area (Å²) in [7, 11) is 8.19. The number of aliphatic carboxylic acids is 1. The number of hydrogen-bond donors (Lipinski definition) is 5. The molecule has 21 nitrogen and oxygen atoms in total. The molecule has 79 heavy (non-hydrogen) atoms. The van der Waals surface area contributed by atoms with Crippen molar-refractivity contribution in [2.75, 3.05) is 53.4 Å². The number of aliphatic hydroxyl groups is 1. The number of epoxide rings is 1. The van der Waals surface area contributed by atoms with Crippen molar-refractivity contribution < 1.29 is 67.5 Å². The summed E-state index contributed by atoms with van der Waals surface area (Å²) < 4.78 is 31.6. The summed E-state index contributed by atoms with van der Waals surface area (Å²) in [6.45, 7) is 9.63. The molecule has 9 atom stereocenters. The molecule has 2 saturated heterocycles. The van der Waals surface area contributed by atoms with Crippen molar-refractivity contribution in [2.24, 2.45) is 11.8 Å². The number of alkyl carbamates (subject to hydrolysis) is 1. The van der Waals surface area contributed by atoms with E-state index >= 15 is 0 Å². The predicted molar refractivity (Wildman–Crippen MR) is 295 cm³/mol. The van der Waals surface area contributed by atoms with Crippen molar-refractivity contribution in [3.05, 3.63) is 82.5 Å². The summed E-state index contributed by atoms with van der Waals surface area (Å²) in [5, 5.41) is 29.7. The van der Waals surface area contributed by atoms with Crippen molar-refractivity contribution in [2.45, 2.75) is 147 Å². The number of carbonyl (C=O) groups excluding carboxylic acids is 6. The third-order valence-electron chi connectivity index (χ3n) is 15.4. The van der Waals surface area contributed by atoms with Gasteiger partial charge in [-0.2, -0.15) is 0 Å². The van der Waals surface area contributed by atoms with Crippen LogP contribution in [0.4, 0.5) is 10.5 Å². The Balaban J connectivity index is 1.06. The number of carbonyl (C=O) groups is 7. The Hall–Kier alpha value is -6.36. The van der Waals surface area contributed by atoms with Crippen molar-refractivity contribution in [1.29, 1.82) is 0 Å². The van der Waals surface area contributed by atoms with Crippen LogP contribution in [0.25, 0.3) is 10.9 Å². The molecule has 0 radical (unpaired) electrons. The van der Waals surface area contributed by atoms with Gasteiger partial charge in [0.05, 0.1) is 50.9 Å². The molecule has 0 aliphatic carbocycles. The number of aromatic nitrogens is 1. The predicted octanol–water partition coefficient (Wildman–Crippen LogP) is 5.85. The molecular formula is C57H78ClN7O14. The Labute approximate surface area is 466 Å². The van der Waals surface area contributed by atoms with Crippen molar-refractivity contribution >= 4 is 69.7 Å². The molecule has 4 amide bonds. The number of rotatable bonds is 22. The molecule has 3 aliphatic rings. The first kappa shape index (κ1) is 61.8. The van der Waals surface area contributed by atoms with Crippen molar-refractivity contribution in [3.63, 3.8) is 0 Å². The molecule has 0 spiro atoms. The van der Waals surface area contributed by atoms with Crippen LogP contribution in [0.2, 0.25) is 5.02 Å². The molecule has 0 unspecified atom stereocenters. The van der Waals surface area contributed by atoms with Crippen LogP contribution in [-0.4, -0.2) is 156 Å². The second kappa shape index (κ2) is 27.2. The first-order valence-corrected chi connectivity index (χ1v) is 27.2. The topological polar surface area (TPSA) is 260 Å². The molecule has 3 aromatic rings. The fourth-order valence-corrected chi connectivity index (χ4v) is 10.4. The number of Topliss-reactive ketones (excluding diaryl/α,β-unsaturated/α-hetero) is 1. The maximum absolute atomic E-state index is 14.4. The lowest BCUT2D eigenvalue weighted by atomic mass is 9.82. The molecule has 4 heterocycles. The number of carboxylic acids is 1. The van der Waals surface area contributed by atoms with Crippen LogP contribution in [0.1, 0.15) is 97.2 Å². The Bertz CT molecular complexity index is 2780. The molecule has 432 valence electrons. The highest BCUT2D eigenvalue weighted by atomic mass is 35.5. The number of nitrogens with zero attached hydrogens (tertiary/aromatic N) is 4. The van der Waals surface area contributed by atoms with Gasteiger partial charge in [-0.3, -0.25) is 34.7 Å². The number of aryl methyl sites for hydroxylation is 1. The number of benzene rings is 2. The van der Waals surface area contributed by atoms with Crippen LogP contribution in [0.5, 0.6) is 5.75 Å². The zero-order valence-electron chi connectivity index (χ0n) is 47.0. The molecule has 0 saturated carbocycles. The highest BCUT2D eigenvalue weighted by molar-refractivity contribution is 6.35. The number of amides is 4. The van der Waals surface area contributed by atoms with Gasteiger partial charge in [-0.05, 0) is 82.3 Å². The molecule has 2 fully saturated rings. The maximum Gasteiger partial charge on any atom is 0.409 e. The molecule has 5 N–H and O–H groups in total. The first-order chi connectivity index (χ1) is 37.4. The number of carboxylic acid groups (broad SMARTS) is 1. The summed E-state index contributed by atoms with van der Waals surface area (Å²) in [6, 6.07) is 11.3. The lowest BCUT2D eigenvalue weighted by molar-refractivity contribution is -0.162. The summed E-state index contributed by atoms with van der Waals surface area (Å²) in [6.07, 6.45) is 1.75. The van der Waals surface area contributed by atoms with Crippen molar-refractivity contribution in [1.82, 2.24) is 30.5 Å². The zero-order chi connectivity index (χ0) is 57.9. The summed E-state index contributed by atoms with van der Waals surface area (Å²) in [5.41, 5.74) is 4.15. The van der Waals surface area contributed by atoms with E-state index in [0.717, 1.165) is 27.7 Å². The third kappa shape index (κ3) is 15.7. The van der Waals surface area contributed by atoms with Gasteiger partial charge < -0.3 is 53.6 Å². The molecule has 2 aromatic carbocycles. The van der Waals surface area contributed by atoms with Gasteiger partial charge in [-0.15, -0.1) is 0 Å². The number of hydrazine groups is 1. The molecule has 4 bridgehead atoms. The zero-order valence-corrected chi connectivity index (χ0v) is 47.7. The van der Waals surface area contributed by atoms with Crippen LogP contribution in [0.15, 0.2) is 66.3 Å². The average Bonchev–Trinajstić information content (AvgIpc) is 4.07. The number of methoxy groups -OCH3 is 1. The minimum atomic E-state index is -1.68. The van der Waals surface area contributed by atoms with E-state index in [1.54, 1.807) is 46.0 Å². The lowest BCUT2D eigenvalue weighted by Gasteiger charge is -2.41. The number of hydrogen-bond acceptors (Lipinski definition) is 15. The number of fused-ring (bicyclic) bond motifs is 6. The van der Waals surface area contributed by atoms with E-state index in [1.807, 2.05) is 62.4 Å². The molecule has 3 aliphatic heterocycles. The number of allylic oxidation sites excluding steroid dienone is 3. The first-order valence-electron chi connectivity index (χ1n) is 26.8. The number of ketones is 1. The van der Waals surface area contributed by atoms with E-state index in [1.165, 1.54) is 30.9 Å². The van der Waals surface area contributed by atoms with Gasteiger partial charge in [0.2, 0.25) is 17.7 Å². The lowest BCUT2D eigenvalue weighted by Crippen LogP contribution is -2.60. The van der Waals surface area contributed by atoms with E-state index in [4.69, 9.17) is 35.3 Å². The highest BCUT2D eigenvalue weighted by Crippen LogP contribution is 2.49. The Morgan fingerprint density at radius 3 is 2.48 bits per heavy atom. The summed E-state index contributed by atoms with van der Waals surface area (Å²) in [4.78, 5) is 95.7.